The Labute approximate surface area is 104 Å². The van der Waals surface area contributed by atoms with E-state index < -0.39 is 6.04 Å². The van der Waals surface area contributed by atoms with Gasteiger partial charge >= 0.3 is 0 Å². The number of rotatable bonds is 7. The van der Waals surface area contributed by atoms with Crippen LogP contribution in [0.25, 0.3) is 0 Å². The minimum absolute atomic E-state index is 0.191. The lowest BCUT2D eigenvalue weighted by atomic mass is 10.1. The number of unbranched alkanes of at least 4 members (excludes halogenated alkanes) is 1. The Morgan fingerprint density at radius 3 is 2.94 bits per heavy atom. The van der Waals surface area contributed by atoms with E-state index in [1.165, 1.54) is 0 Å². The molecule has 0 aliphatic rings. The summed E-state index contributed by atoms with van der Waals surface area (Å²) in [4.78, 5) is 11.6. The number of nitrogens with two attached hydrogens (primary N) is 1. The van der Waals surface area contributed by atoms with Gasteiger partial charge in [0.1, 0.15) is 0 Å². The van der Waals surface area contributed by atoms with Gasteiger partial charge in [0.05, 0.1) is 11.9 Å². The topological polar surface area (TPSA) is 145 Å². The summed E-state index contributed by atoms with van der Waals surface area (Å²) in [7, 11) is 0. The van der Waals surface area contributed by atoms with E-state index in [-0.39, 0.29) is 11.9 Å². The summed E-state index contributed by atoms with van der Waals surface area (Å²) in [5.74, 6) is 0.316. The first-order valence-corrected chi connectivity index (χ1v) is 5.69. The number of hydrogen-bond acceptors (Lipinski definition) is 6. The summed E-state index contributed by atoms with van der Waals surface area (Å²) >= 11 is 0. The molecule has 0 aromatic carbocycles. The van der Waals surface area contributed by atoms with E-state index in [9.17, 15) is 4.79 Å². The third-order valence-corrected chi connectivity index (χ3v) is 2.26. The minimum atomic E-state index is -0.587. The summed E-state index contributed by atoms with van der Waals surface area (Å²) in [5, 5.41) is 25.2. The fraction of sp³-hybridized carbons (Fsp3) is 0.667. The van der Waals surface area contributed by atoms with Gasteiger partial charge in [-0.2, -0.15) is 0 Å². The predicted molar refractivity (Wildman–Crippen MR) is 66.0 cm³/mol. The van der Waals surface area contributed by atoms with Gasteiger partial charge in [0.15, 0.2) is 0 Å². The van der Waals surface area contributed by atoms with Gasteiger partial charge in [0.25, 0.3) is 0 Å². The number of aromatic amines is 1. The second-order valence-corrected chi connectivity index (χ2v) is 3.89. The SMILES string of the molecule is CC(=N)NCCCC[C@@H](N)C(=O)Nc1nnn[nH]1. The molecule has 0 saturated heterocycles. The van der Waals surface area contributed by atoms with Crippen LogP contribution in [0.3, 0.4) is 0 Å². The Kier molecular flexibility index (Phi) is 5.71. The van der Waals surface area contributed by atoms with Crippen molar-refractivity contribution in [2.24, 2.45) is 5.73 Å². The van der Waals surface area contributed by atoms with Crippen LogP contribution in [0.5, 0.6) is 0 Å². The Bertz CT molecular complexity index is 376. The molecule has 1 aromatic heterocycles. The molecule has 1 atom stereocenters. The molecular formula is C9H18N8O. The third-order valence-electron chi connectivity index (χ3n) is 2.26. The molecule has 1 rings (SSSR count). The van der Waals surface area contributed by atoms with Crippen LogP contribution in [0.15, 0.2) is 0 Å². The first kappa shape index (κ1) is 14.0. The van der Waals surface area contributed by atoms with Crippen molar-refractivity contribution in [1.82, 2.24) is 25.9 Å². The maximum absolute atomic E-state index is 11.6. The summed E-state index contributed by atoms with van der Waals surface area (Å²) in [5.41, 5.74) is 5.72. The van der Waals surface area contributed by atoms with Gasteiger partial charge in [-0.25, -0.2) is 5.10 Å². The molecular weight excluding hydrogens is 236 g/mol. The van der Waals surface area contributed by atoms with Crippen LogP contribution in [0.4, 0.5) is 5.95 Å². The van der Waals surface area contributed by atoms with Gasteiger partial charge in [-0.15, -0.1) is 0 Å². The number of carbonyl (C=O) groups excluding carboxylic acids is 1. The molecule has 0 spiro atoms. The highest BCUT2D eigenvalue weighted by Crippen LogP contribution is 2.01. The van der Waals surface area contributed by atoms with Gasteiger partial charge in [0, 0.05) is 6.54 Å². The Balaban J connectivity index is 2.14. The van der Waals surface area contributed by atoms with Crippen molar-refractivity contribution in [2.75, 3.05) is 11.9 Å². The number of tetrazole rings is 1. The van der Waals surface area contributed by atoms with Crippen LogP contribution >= 0.6 is 0 Å². The van der Waals surface area contributed by atoms with Gasteiger partial charge < -0.3 is 11.1 Å². The van der Waals surface area contributed by atoms with Crippen LogP contribution in [-0.2, 0) is 4.79 Å². The highest BCUT2D eigenvalue weighted by atomic mass is 16.2. The predicted octanol–water partition coefficient (Wildman–Crippen LogP) is -0.777. The molecule has 9 nitrogen and oxygen atoms in total. The molecule has 0 unspecified atom stereocenters. The van der Waals surface area contributed by atoms with Crippen LogP contribution < -0.4 is 16.4 Å². The third kappa shape index (κ3) is 5.34. The summed E-state index contributed by atoms with van der Waals surface area (Å²) in [6.45, 7) is 2.40. The molecule has 0 radical (unpaired) electrons. The number of aromatic nitrogens is 4. The number of H-pyrrole nitrogens is 1. The Morgan fingerprint density at radius 1 is 1.56 bits per heavy atom. The number of nitrogens with one attached hydrogen (secondary N) is 4. The van der Waals surface area contributed by atoms with Gasteiger partial charge in [-0.1, -0.05) is 5.10 Å². The van der Waals surface area contributed by atoms with Gasteiger partial charge in [-0.05, 0) is 36.6 Å². The molecule has 9 heteroatoms. The first-order chi connectivity index (χ1) is 8.59. The molecule has 100 valence electrons. The van der Waals surface area contributed by atoms with E-state index in [2.05, 4.69) is 31.3 Å². The maximum Gasteiger partial charge on any atom is 0.246 e. The molecule has 1 amide bonds. The number of nitrogens with zero attached hydrogens (tertiary/aromatic N) is 3. The van der Waals surface area contributed by atoms with Crippen LogP contribution in [0, 0.1) is 5.41 Å². The Morgan fingerprint density at radius 2 is 2.33 bits per heavy atom. The number of carbonyl (C=O) groups is 1. The maximum atomic E-state index is 11.6. The summed E-state index contributed by atoms with van der Waals surface area (Å²) in [6, 6.07) is -0.587. The summed E-state index contributed by atoms with van der Waals surface area (Å²) in [6.07, 6.45) is 2.25. The van der Waals surface area contributed by atoms with Crippen molar-refractivity contribution in [3.8, 4) is 0 Å². The fourth-order valence-electron chi connectivity index (χ4n) is 1.32. The van der Waals surface area contributed by atoms with E-state index in [0.29, 0.717) is 12.3 Å². The second-order valence-electron chi connectivity index (χ2n) is 3.89. The summed E-state index contributed by atoms with van der Waals surface area (Å²) < 4.78 is 0. The number of anilines is 1. The van der Waals surface area contributed by atoms with Crippen LogP contribution in [0.1, 0.15) is 26.2 Å². The number of amidine groups is 1. The largest absolute Gasteiger partial charge is 0.374 e. The molecule has 0 fully saturated rings. The van der Waals surface area contributed by atoms with Crippen molar-refractivity contribution < 1.29 is 4.79 Å². The molecule has 0 saturated carbocycles. The quantitative estimate of drug-likeness (QED) is 0.245. The van der Waals surface area contributed by atoms with E-state index in [4.69, 9.17) is 11.1 Å². The van der Waals surface area contributed by atoms with Crippen molar-refractivity contribution >= 4 is 17.7 Å². The number of amides is 1. The first-order valence-electron chi connectivity index (χ1n) is 5.69. The van der Waals surface area contributed by atoms with Crippen LogP contribution in [-0.4, -0.2) is 45.0 Å². The van der Waals surface area contributed by atoms with Crippen LogP contribution in [0.2, 0.25) is 0 Å². The molecule has 0 aliphatic carbocycles. The zero-order chi connectivity index (χ0) is 13.4. The zero-order valence-corrected chi connectivity index (χ0v) is 10.2. The van der Waals surface area contributed by atoms with Crippen molar-refractivity contribution in [3.63, 3.8) is 0 Å². The lowest BCUT2D eigenvalue weighted by Crippen LogP contribution is -2.36. The Hall–Kier alpha value is -2.03. The van der Waals surface area contributed by atoms with E-state index in [1.807, 2.05) is 0 Å². The van der Waals surface area contributed by atoms with E-state index >= 15 is 0 Å². The average molecular weight is 254 g/mol. The second kappa shape index (κ2) is 7.33. The normalized spacial score (nSPS) is 11.9. The molecule has 0 aliphatic heterocycles. The number of hydrogen-bond donors (Lipinski definition) is 5. The molecule has 1 aromatic rings. The average Bonchev–Trinajstić information content (AvgIpc) is 2.80. The zero-order valence-electron chi connectivity index (χ0n) is 10.2. The molecule has 0 bridgehead atoms. The van der Waals surface area contributed by atoms with Gasteiger partial charge in [-0.3, -0.25) is 15.5 Å². The molecule has 1 heterocycles. The van der Waals surface area contributed by atoms with Crippen molar-refractivity contribution in [3.05, 3.63) is 0 Å². The molecule has 18 heavy (non-hydrogen) atoms. The lowest BCUT2D eigenvalue weighted by molar-refractivity contribution is -0.117. The standard InChI is InChI=1S/C9H18N8O/c1-6(10)12-5-3-2-4-7(11)8(18)13-9-14-16-17-15-9/h7H,2-5,11H2,1H3,(H2,10,12)(H2,13,14,15,16,17,18)/t7-/m1/s1. The van der Waals surface area contributed by atoms with Crippen molar-refractivity contribution in [2.45, 2.75) is 32.2 Å². The highest BCUT2D eigenvalue weighted by molar-refractivity contribution is 5.92. The van der Waals surface area contributed by atoms with E-state index in [0.717, 1.165) is 19.4 Å². The highest BCUT2D eigenvalue weighted by Gasteiger charge is 2.14. The minimum Gasteiger partial charge on any atom is -0.374 e. The smallest absolute Gasteiger partial charge is 0.246 e. The van der Waals surface area contributed by atoms with Crippen molar-refractivity contribution in [1.29, 1.82) is 5.41 Å². The monoisotopic (exact) mass is 254 g/mol. The van der Waals surface area contributed by atoms with E-state index in [1.54, 1.807) is 6.92 Å². The molecule has 6 N–H and O–H groups in total. The lowest BCUT2D eigenvalue weighted by Gasteiger charge is -2.10. The fourth-order valence-corrected chi connectivity index (χ4v) is 1.32. The van der Waals surface area contributed by atoms with Gasteiger partial charge in [0.2, 0.25) is 11.9 Å².